The van der Waals surface area contributed by atoms with Crippen LogP contribution in [0.2, 0.25) is 0 Å². The molecule has 0 unspecified atom stereocenters. The smallest absolute Gasteiger partial charge is 0.150 e. The van der Waals surface area contributed by atoms with Crippen LogP contribution < -0.4 is 0 Å². The van der Waals surface area contributed by atoms with Crippen LogP contribution in [0.5, 0.6) is 0 Å². The number of rotatable bonds is 4. The Morgan fingerprint density at radius 2 is 2.05 bits per heavy atom. The minimum Gasteiger partial charge on any atom is -0.341 e. The summed E-state index contributed by atoms with van der Waals surface area (Å²) in [6, 6.07) is 10.2. The number of hydrogen-bond donors (Lipinski definition) is 0. The highest BCUT2D eigenvalue weighted by molar-refractivity contribution is 5.87. The molecular formula is C16H17N3O. The van der Waals surface area contributed by atoms with E-state index in [0.717, 1.165) is 22.9 Å². The van der Waals surface area contributed by atoms with Gasteiger partial charge in [0, 0.05) is 29.5 Å². The van der Waals surface area contributed by atoms with E-state index in [1.165, 1.54) is 0 Å². The first-order valence-corrected chi connectivity index (χ1v) is 6.75. The van der Waals surface area contributed by atoms with Crippen molar-refractivity contribution < 1.29 is 4.79 Å². The minimum atomic E-state index is 0.367. The van der Waals surface area contributed by atoms with Crippen molar-refractivity contribution in [1.82, 2.24) is 14.3 Å². The number of hydrogen-bond acceptors (Lipinski definition) is 2. The van der Waals surface area contributed by atoms with Gasteiger partial charge in [-0.25, -0.2) is 0 Å². The normalized spacial score (nSPS) is 11.3. The molecule has 0 aliphatic heterocycles. The fraction of sp³-hybridized carbons (Fsp3) is 0.250. The first-order chi connectivity index (χ1) is 9.67. The van der Waals surface area contributed by atoms with Gasteiger partial charge in [-0.15, -0.1) is 0 Å². The summed E-state index contributed by atoms with van der Waals surface area (Å²) in [5.41, 5.74) is 2.78. The zero-order chi connectivity index (χ0) is 14.1. The van der Waals surface area contributed by atoms with Gasteiger partial charge in [-0.05, 0) is 37.4 Å². The molecule has 0 saturated heterocycles. The predicted molar refractivity (Wildman–Crippen MR) is 79.0 cm³/mol. The second-order valence-corrected chi connectivity index (χ2v) is 5.26. The molecule has 0 bridgehead atoms. The zero-order valence-electron chi connectivity index (χ0n) is 11.7. The standard InChI is InChI=1S/C16H17N3O/c1-12(2)19-8-6-15(17-19)10-18-7-5-14-4-3-13(11-20)9-16(14)18/h3-9,11-12H,10H2,1-2H3. The number of carbonyl (C=O) groups is 1. The fourth-order valence-corrected chi connectivity index (χ4v) is 2.34. The third kappa shape index (κ3) is 2.25. The molecular weight excluding hydrogens is 250 g/mol. The number of aldehydes is 1. The van der Waals surface area contributed by atoms with E-state index in [-0.39, 0.29) is 0 Å². The molecule has 4 heteroatoms. The van der Waals surface area contributed by atoms with Gasteiger partial charge < -0.3 is 4.57 Å². The molecule has 2 aromatic heterocycles. The van der Waals surface area contributed by atoms with Crippen LogP contribution in [0.15, 0.2) is 42.7 Å². The molecule has 0 amide bonds. The van der Waals surface area contributed by atoms with Crippen LogP contribution in [0.25, 0.3) is 10.9 Å². The molecule has 2 heterocycles. The van der Waals surface area contributed by atoms with Crippen molar-refractivity contribution >= 4 is 17.2 Å². The van der Waals surface area contributed by atoms with E-state index in [1.807, 2.05) is 41.3 Å². The molecule has 0 atom stereocenters. The molecule has 102 valence electrons. The third-order valence-corrected chi connectivity index (χ3v) is 3.46. The summed E-state index contributed by atoms with van der Waals surface area (Å²) >= 11 is 0. The van der Waals surface area contributed by atoms with Crippen molar-refractivity contribution in [1.29, 1.82) is 0 Å². The molecule has 0 N–H and O–H groups in total. The lowest BCUT2D eigenvalue weighted by atomic mass is 10.2. The first-order valence-electron chi connectivity index (χ1n) is 6.75. The summed E-state index contributed by atoms with van der Waals surface area (Å²) in [6.45, 7) is 4.93. The number of fused-ring (bicyclic) bond motifs is 1. The van der Waals surface area contributed by atoms with Gasteiger partial charge in [0.05, 0.1) is 12.2 Å². The summed E-state index contributed by atoms with van der Waals surface area (Å²) in [5.74, 6) is 0. The van der Waals surface area contributed by atoms with Crippen LogP contribution in [0.4, 0.5) is 0 Å². The van der Waals surface area contributed by atoms with Crippen LogP contribution in [-0.4, -0.2) is 20.6 Å². The molecule has 1 aromatic carbocycles. The van der Waals surface area contributed by atoms with E-state index < -0.39 is 0 Å². The minimum absolute atomic E-state index is 0.367. The number of carbonyl (C=O) groups excluding carboxylic acids is 1. The van der Waals surface area contributed by atoms with Gasteiger partial charge in [-0.2, -0.15) is 5.10 Å². The third-order valence-electron chi connectivity index (χ3n) is 3.46. The van der Waals surface area contributed by atoms with E-state index >= 15 is 0 Å². The Bertz CT molecular complexity index is 752. The summed E-state index contributed by atoms with van der Waals surface area (Å²) in [5, 5.41) is 5.70. The maximum atomic E-state index is 10.9. The summed E-state index contributed by atoms with van der Waals surface area (Å²) in [6.07, 6.45) is 4.92. The largest absolute Gasteiger partial charge is 0.341 e. The Hall–Kier alpha value is -2.36. The van der Waals surface area contributed by atoms with Gasteiger partial charge in [0.25, 0.3) is 0 Å². The molecule has 0 aliphatic rings. The topological polar surface area (TPSA) is 39.8 Å². The highest BCUT2D eigenvalue weighted by atomic mass is 16.1. The summed E-state index contributed by atoms with van der Waals surface area (Å²) in [7, 11) is 0. The molecule has 0 radical (unpaired) electrons. The monoisotopic (exact) mass is 267 g/mol. The molecule has 20 heavy (non-hydrogen) atoms. The maximum absolute atomic E-state index is 10.9. The van der Waals surface area contributed by atoms with Gasteiger partial charge in [-0.1, -0.05) is 12.1 Å². The van der Waals surface area contributed by atoms with Gasteiger partial charge in [0.15, 0.2) is 0 Å². The fourth-order valence-electron chi connectivity index (χ4n) is 2.34. The molecule has 0 spiro atoms. The molecule has 4 nitrogen and oxygen atoms in total. The Morgan fingerprint density at radius 1 is 1.20 bits per heavy atom. The van der Waals surface area contributed by atoms with Crippen LogP contribution in [0.3, 0.4) is 0 Å². The Labute approximate surface area is 117 Å². The van der Waals surface area contributed by atoms with Crippen molar-refractivity contribution in [3.05, 3.63) is 54.0 Å². The van der Waals surface area contributed by atoms with E-state index in [2.05, 4.69) is 29.6 Å². The van der Waals surface area contributed by atoms with Crippen molar-refractivity contribution in [3.63, 3.8) is 0 Å². The lowest BCUT2D eigenvalue weighted by Crippen LogP contribution is -2.04. The maximum Gasteiger partial charge on any atom is 0.150 e. The average Bonchev–Trinajstić information content (AvgIpc) is 3.06. The summed E-state index contributed by atoms with van der Waals surface area (Å²) < 4.78 is 4.08. The van der Waals surface area contributed by atoms with Crippen molar-refractivity contribution in [2.75, 3.05) is 0 Å². The Morgan fingerprint density at radius 3 is 2.75 bits per heavy atom. The number of benzene rings is 1. The van der Waals surface area contributed by atoms with Crippen LogP contribution in [-0.2, 0) is 6.54 Å². The number of aromatic nitrogens is 3. The van der Waals surface area contributed by atoms with Crippen LogP contribution >= 0.6 is 0 Å². The molecule has 0 saturated carbocycles. The van der Waals surface area contributed by atoms with Crippen molar-refractivity contribution in [3.8, 4) is 0 Å². The molecule has 0 aliphatic carbocycles. The Kier molecular flexibility index (Phi) is 3.14. The average molecular weight is 267 g/mol. The van der Waals surface area contributed by atoms with Crippen molar-refractivity contribution in [2.24, 2.45) is 0 Å². The quantitative estimate of drug-likeness (QED) is 0.680. The second kappa shape index (κ2) is 4.96. The molecule has 0 fully saturated rings. The second-order valence-electron chi connectivity index (χ2n) is 5.26. The summed E-state index contributed by atoms with van der Waals surface area (Å²) in [4.78, 5) is 10.9. The van der Waals surface area contributed by atoms with E-state index in [0.29, 0.717) is 18.2 Å². The lowest BCUT2D eigenvalue weighted by Gasteiger charge is -2.05. The lowest BCUT2D eigenvalue weighted by molar-refractivity contribution is 0.112. The molecule has 3 rings (SSSR count). The van der Waals surface area contributed by atoms with Crippen molar-refractivity contribution in [2.45, 2.75) is 26.4 Å². The predicted octanol–water partition coefficient (Wildman–Crippen LogP) is 3.28. The van der Waals surface area contributed by atoms with Gasteiger partial charge in [0.1, 0.15) is 6.29 Å². The SMILES string of the molecule is CC(C)n1ccc(Cn2ccc3ccc(C=O)cc32)n1. The van der Waals surface area contributed by atoms with E-state index in [4.69, 9.17) is 0 Å². The first kappa shape index (κ1) is 12.7. The van der Waals surface area contributed by atoms with Crippen LogP contribution in [0.1, 0.15) is 35.9 Å². The highest BCUT2D eigenvalue weighted by Crippen LogP contribution is 2.18. The van der Waals surface area contributed by atoms with E-state index in [9.17, 15) is 4.79 Å². The molecule has 3 aromatic rings. The number of nitrogens with zero attached hydrogens (tertiary/aromatic N) is 3. The van der Waals surface area contributed by atoms with Gasteiger partial charge in [0.2, 0.25) is 0 Å². The van der Waals surface area contributed by atoms with Gasteiger partial charge >= 0.3 is 0 Å². The van der Waals surface area contributed by atoms with E-state index in [1.54, 1.807) is 0 Å². The zero-order valence-corrected chi connectivity index (χ0v) is 11.7. The van der Waals surface area contributed by atoms with Crippen LogP contribution in [0, 0.1) is 0 Å². The van der Waals surface area contributed by atoms with Gasteiger partial charge in [-0.3, -0.25) is 9.48 Å². The Balaban J connectivity index is 1.95. The highest BCUT2D eigenvalue weighted by Gasteiger charge is 2.06.